The number of nitrogens with two attached hydrogens (primary N) is 1. The molecule has 1 amide bonds. The van der Waals surface area contributed by atoms with Gasteiger partial charge >= 0.3 is 0 Å². The largest absolute Gasteiger partial charge is 0.369 e. The molecule has 0 saturated heterocycles. The number of carbonyl (C=O) groups excluding carboxylic acids is 1. The summed E-state index contributed by atoms with van der Waals surface area (Å²) in [6, 6.07) is 18.0. The summed E-state index contributed by atoms with van der Waals surface area (Å²) in [5.74, 6) is -0.832. The summed E-state index contributed by atoms with van der Waals surface area (Å²) >= 11 is 0. The van der Waals surface area contributed by atoms with Crippen LogP contribution in [0.25, 0.3) is 0 Å². The molecule has 2 rings (SSSR count). The van der Waals surface area contributed by atoms with E-state index in [1.807, 2.05) is 36.4 Å². The van der Waals surface area contributed by atoms with Gasteiger partial charge in [-0.15, -0.1) is 0 Å². The summed E-state index contributed by atoms with van der Waals surface area (Å²) in [4.78, 5) is 11.2. The minimum Gasteiger partial charge on any atom is -0.369 e. The second kappa shape index (κ2) is 7.20. The van der Waals surface area contributed by atoms with Crippen molar-refractivity contribution in [3.63, 3.8) is 0 Å². The van der Waals surface area contributed by atoms with Crippen molar-refractivity contribution in [3.8, 4) is 0 Å². The second-order valence-electron chi connectivity index (χ2n) is 4.96. The van der Waals surface area contributed by atoms with Crippen LogP contribution in [0, 0.1) is 0 Å². The first kappa shape index (κ1) is 16.2. The summed E-state index contributed by atoms with van der Waals surface area (Å²) in [5.41, 5.74) is 6.67. The highest BCUT2D eigenvalue weighted by atomic mass is 32.2. The third-order valence-corrected chi connectivity index (χ3v) is 4.86. The molecule has 0 saturated carbocycles. The molecule has 0 aliphatic heterocycles. The Labute approximate surface area is 130 Å². The predicted molar refractivity (Wildman–Crippen MR) is 85.1 cm³/mol. The molecule has 0 heterocycles. The Morgan fingerprint density at radius 3 is 1.91 bits per heavy atom. The van der Waals surface area contributed by atoms with Crippen molar-refractivity contribution in [2.24, 2.45) is 5.73 Å². The van der Waals surface area contributed by atoms with Gasteiger partial charge < -0.3 is 5.73 Å². The normalized spacial score (nSPS) is 11.5. The molecule has 5 nitrogen and oxygen atoms in total. The average Bonchev–Trinajstić information content (AvgIpc) is 2.48. The topological polar surface area (TPSA) is 80.5 Å². The van der Waals surface area contributed by atoms with E-state index in [0.29, 0.717) is 5.56 Å². The number of sulfonamides is 1. The van der Waals surface area contributed by atoms with Gasteiger partial charge in [-0.2, -0.15) is 4.31 Å². The monoisotopic (exact) mass is 318 g/mol. The van der Waals surface area contributed by atoms with Crippen LogP contribution in [0.3, 0.4) is 0 Å². The molecule has 0 radical (unpaired) electrons. The van der Waals surface area contributed by atoms with Crippen LogP contribution < -0.4 is 5.73 Å². The van der Waals surface area contributed by atoms with Crippen molar-refractivity contribution in [2.45, 2.75) is 12.3 Å². The van der Waals surface area contributed by atoms with Gasteiger partial charge in [0.2, 0.25) is 15.9 Å². The molecule has 2 aromatic carbocycles. The zero-order chi connectivity index (χ0) is 16.0. The van der Waals surface area contributed by atoms with Crippen molar-refractivity contribution in [2.75, 3.05) is 6.54 Å². The van der Waals surface area contributed by atoms with Gasteiger partial charge in [0.1, 0.15) is 0 Å². The quantitative estimate of drug-likeness (QED) is 0.840. The lowest BCUT2D eigenvalue weighted by Gasteiger charge is -2.21. The van der Waals surface area contributed by atoms with Crippen LogP contribution in [0.2, 0.25) is 0 Å². The average molecular weight is 318 g/mol. The fourth-order valence-corrected chi connectivity index (χ4v) is 3.56. The van der Waals surface area contributed by atoms with E-state index in [1.54, 1.807) is 24.3 Å². The van der Waals surface area contributed by atoms with Crippen LogP contribution in [-0.4, -0.2) is 25.2 Å². The highest BCUT2D eigenvalue weighted by Gasteiger charge is 2.24. The van der Waals surface area contributed by atoms with E-state index in [0.717, 1.165) is 9.87 Å². The second-order valence-corrected chi connectivity index (χ2v) is 6.93. The Hall–Kier alpha value is -2.18. The fraction of sp³-hybridized carbons (Fsp3) is 0.188. The van der Waals surface area contributed by atoms with E-state index in [-0.39, 0.29) is 18.8 Å². The molecule has 0 spiro atoms. The minimum atomic E-state index is -3.64. The highest BCUT2D eigenvalue weighted by Crippen LogP contribution is 2.14. The van der Waals surface area contributed by atoms with Crippen LogP contribution in [-0.2, 0) is 27.1 Å². The molecule has 0 aliphatic rings. The molecule has 0 unspecified atom stereocenters. The first-order valence-electron chi connectivity index (χ1n) is 6.81. The number of hydrogen-bond acceptors (Lipinski definition) is 3. The molecule has 0 bridgehead atoms. The van der Waals surface area contributed by atoms with Crippen molar-refractivity contribution in [1.29, 1.82) is 0 Å². The molecular formula is C16H18N2O3S. The summed E-state index contributed by atoms with van der Waals surface area (Å²) in [6.45, 7) is -0.205. The molecule has 22 heavy (non-hydrogen) atoms. The van der Waals surface area contributed by atoms with E-state index < -0.39 is 15.9 Å². The highest BCUT2D eigenvalue weighted by molar-refractivity contribution is 7.88. The third kappa shape index (κ3) is 4.68. The standard InChI is InChI=1S/C16H18N2O3S/c17-16(19)12-18(11-14-7-3-1-4-8-14)22(20,21)13-15-9-5-2-6-10-15/h1-10H,11-13H2,(H2,17,19). The van der Waals surface area contributed by atoms with E-state index in [1.165, 1.54) is 0 Å². The van der Waals surface area contributed by atoms with Crippen LogP contribution >= 0.6 is 0 Å². The Morgan fingerprint density at radius 1 is 0.909 bits per heavy atom. The van der Waals surface area contributed by atoms with Gasteiger partial charge in [-0.1, -0.05) is 60.7 Å². The zero-order valence-electron chi connectivity index (χ0n) is 12.1. The van der Waals surface area contributed by atoms with Crippen molar-refractivity contribution in [1.82, 2.24) is 4.31 Å². The van der Waals surface area contributed by atoms with Gasteiger partial charge in [-0.25, -0.2) is 8.42 Å². The summed E-state index contributed by atoms with van der Waals surface area (Å²) in [6.07, 6.45) is 0. The minimum absolute atomic E-state index is 0.124. The van der Waals surface area contributed by atoms with Gasteiger partial charge in [0.05, 0.1) is 12.3 Å². The maximum Gasteiger partial charge on any atom is 0.232 e. The number of nitrogens with zero attached hydrogens (tertiary/aromatic N) is 1. The maximum atomic E-state index is 12.6. The SMILES string of the molecule is NC(=O)CN(Cc1ccccc1)S(=O)(=O)Cc1ccccc1. The van der Waals surface area contributed by atoms with Gasteiger partial charge in [-0.3, -0.25) is 4.79 Å². The molecule has 0 fully saturated rings. The predicted octanol–water partition coefficient (Wildman–Crippen LogP) is 1.50. The number of benzene rings is 2. The Morgan fingerprint density at radius 2 is 1.41 bits per heavy atom. The van der Waals surface area contributed by atoms with Gasteiger partial charge in [-0.05, 0) is 11.1 Å². The first-order valence-corrected chi connectivity index (χ1v) is 8.42. The molecule has 0 atom stereocenters. The third-order valence-electron chi connectivity index (χ3n) is 3.12. The summed E-state index contributed by atoms with van der Waals surface area (Å²) in [7, 11) is -3.64. The number of rotatable bonds is 7. The van der Waals surface area contributed by atoms with Gasteiger partial charge in [0.25, 0.3) is 0 Å². The molecule has 0 aromatic heterocycles. The van der Waals surface area contributed by atoms with E-state index in [9.17, 15) is 13.2 Å². The van der Waals surface area contributed by atoms with Crippen molar-refractivity contribution >= 4 is 15.9 Å². The van der Waals surface area contributed by atoms with Crippen LogP contribution in [0.1, 0.15) is 11.1 Å². The lowest BCUT2D eigenvalue weighted by atomic mass is 10.2. The van der Waals surface area contributed by atoms with Crippen LogP contribution in [0.5, 0.6) is 0 Å². The number of amides is 1. The van der Waals surface area contributed by atoms with Crippen LogP contribution in [0.15, 0.2) is 60.7 Å². The van der Waals surface area contributed by atoms with E-state index in [2.05, 4.69) is 0 Å². The zero-order valence-corrected chi connectivity index (χ0v) is 12.9. The number of primary amides is 1. The molecule has 0 aliphatic carbocycles. The Bertz CT molecular complexity index is 716. The Balaban J connectivity index is 2.21. The fourth-order valence-electron chi connectivity index (χ4n) is 2.09. The summed E-state index contributed by atoms with van der Waals surface area (Å²) < 4.78 is 26.2. The number of hydrogen-bond donors (Lipinski definition) is 1. The van der Waals surface area contributed by atoms with E-state index >= 15 is 0 Å². The first-order chi connectivity index (χ1) is 10.5. The lowest BCUT2D eigenvalue weighted by Crippen LogP contribution is -2.38. The molecule has 116 valence electrons. The molecule has 6 heteroatoms. The molecular weight excluding hydrogens is 300 g/mol. The summed E-state index contributed by atoms with van der Waals surface area (Å²) in [5, 5.41) is 0. The van der Waals surface area contributed by atoms with Crippen LogP contribution in [0.4, 0.5) is 0 Å². The smallest absolute Gasteiger partial charge is 0.232 e. The van der Waals surface area contributed by atoms with Crippen molar-refractivity contribution in [3.05, 3.63) is 71.8 Å². The maximum absolute atomic E-state index is 12.6. The lowest BCUT2D eigenvalue weighted by molar-refractivity contribution is -0.118. The van der Waals surface area contributed by atoms with Gasteiger partial charge in [0, 0.05) is 6.54 Å². The Kier molecular flexibility index (Phi) is 5.30. The molecule has 2 aromatic rings. The van der Waals surface area contributed by atoms with E-state index in [4.69, 9.17) is 5.73 Å². The van der Waals surface area contributed by atoms with Crippen molar-refractivity contribution < 1.29 is 13.2 Å². The van der Waals surface area contributed by atoms with Gasteiger partial charge in [0.15, 0.2) is 0 Å². The molecule has 2 N–H and O–H groups in total. The number of carbonyl (C=O) groups is 1.